The Hall–Kier alpha value is -1.83. The van der Waals surface area contributed by atoms with E-state index in [9.17, 15) is 0 Å². The highest BCUT2D eigenvalue weighted by Crippen LogP contribution is 2.28. The second-order valence-corrected chi connectivity index (χ2v) is 4.48. The molecule has 2 aromatic rings. The van der Waals surface area contributed by atoms with Crippen molar-refractivity contribution in [3.63, 3.8) is 0 Å². The van der Waals surface area contributed by atoms with Crippen molar-refractivity contribution in [2.45, 2.75) is 13.0 Å². The molecule has 0 aliphatic heterocycles. The number of aromatic nitrogens is 1. The predicted molar refractivity (Wildman–Crippen MR) is 71.6 cm³/mol. The van der Waals surface area contributed by atoms with Crippen molar-refractivity contribution in [1.82, 2.24) is 4.98 Å². The van der Waals surface area contributed by atoms with Gasteiger partial charge < -0.3 is 10.4 Å². The maximum atomic E-state index is 9.11. The van der Waals surface area contributed by atoms with Gasteiger partial charge in [0.2, 0.25) is 0 Å². The lowest BCUT2D eigenvalue weighted by molar-refractivity contribution is 0.281. The number of aliphatic hydroxyl groups is 1. The molecule has 0 spiro atoms. The molecule has 0 aliphatic carbocycles. The molecule has 0 unspecified atom stereocenters. The lowest BCUT2D eigenvalue weighted by Crippen LogP contribution is -2.20. The maximum absolute atomic E-state index is 9.11. The van der Waals surface area contributed by atoms with Crippen LogP contribution in [0.4, 0.5) is 5.69 Å². The monoisotopic (exact) mass is 261 g/mol. The van der Waals surface area contributed by atoms with Crippen molar-refractivity contribution in [3.05, 3.63) is 35.0 Å². The van der Waals surface area contributed by atoms with E-state index in [0.29, 0.717) is 16.3 Å². The third kappa shape index (κ3) is 2.37. The molecule has 0 saturated heterocycles. The molecule has 2 rings (SSSR count). The summed E-state index contributed by atoms with van der Waals surface area (Å²) >= 11 is 5.97. The molecule has 2 N–H and O–H groups in total. The van der Waals surface area contributed by atoms with Gasteiger partial charge in [0.15, 0.2) is 0 Å². The first kappa shape index (κ1) is 12.6. The van der Waals surface area contributed by atoms with Crippen LogP contribution >= 0.6 is 11.6 Å². The third-order valence-electron chi connectivity index (χ3n) is 2.62. The van der Waals surface area contributed by atoms with Crippen LogP contribution in [0.3, 0.4) is 0 Å². The molecule has 1 heterocycles. The van der Waals surface area contributed by atoms with Crippen molar-refractivity contribution < 1.29 is 5.11 Å². The minimum atomic E-state index is -0.151. The van der Waals surface area contributed by atoms with E-state index in [1.165, 1.54) is 6.20 Å². The van der Waals surface area contributed by atoms with E-state index in [-0.39, 0.29) is 12.6 Å². The molecule has 18 heavy (non-hydrogen) atoms. The van der Waals surface area contributed by atoms with Gasteiger partial charge in [-0.2, -0.15) is 5.26 Å². The molecule has 1 aromatic heterocycles. The molecule has 4 nitrogen and oxygen atoms in total. The smallest absolute Gasteiger partial charge is 0.103 e. The highest BCUT2D eigenvalue weighted by atomic mass is 35.5. The number of anilines is 1. The topological polar surface area (TPSA) is 68.9 Å². The van der Waals surface area contributed by atoms with Crippen molar-refractivity contribution in [3.8, 4) is 6.07 Å². The number of hydrogen-bond acceptors (Lipinski definition) is 4. The Morgan fingerprint density at radius 2 is 2.33 bits per heavy atom. The summed E-state index contributed by atoms with van der Waals surface area (Å²) in [4.78, 5) is 4.20. The number of hydrogen-bond donors (Lipinski definition) is 2. The number of nitrogens with zero attached hydrogens (tertiary/aromatic N) is 2. The zero-order valence-corrected chi connectivity index (χ0v) is 10.6. The standard InChI is InChI=1S/C13H12ClN3O/c1-8(7-18)17-13-9(5-15)6-16-12-3-2-10(14)4-11(12)13/h2-4,6,8,18H,7H2,1H3,(H,16,17)/t8-/m0/s1. The van der Waals surface area contributed by atoms with Crippen molar-refractivity contribution in [2.75, 3.05) is 11.9 Å². The fourth-order valence-electron chi connectivity index (χ4n) is 1.70. The summed E-state index contributed by atoms with van der Waals surface area (Å²) in [5.74, 6) is 0. The molecule has 0 saturated carbocycles. The van der Waals surface area contributed by atoms with Crippen molar-refractivity contribution >= 4 is 28.2 Å². The van der Waals surface area contributed by atoms with Gasteiger partial charge >= 0.3 is 0 Å². The fraction of sp³-hybridized carbons (Fsp3) is 0.231. The second-order valence-electron chi connectivity index (χ2n) is 4.05. The van der Waals surface area contributed by atoms with Gasteiger partial charge in [0, 0.05) is 22.6 Å². The fourth-order valence-corrected chi connectivity index (χ4v) is 1.87. The summed E-state index contributed by atoms with van der Waals surface area (Å²) in [5, 5.41) is 22.7. The molecule has 0 radical (unpaired) electrons. The van der Waals surface area contributed by atoms with Gasteiger partial charge in [0.05, 0.1) is 23.4 Å². The molecule has 0 bridgehead atoms. The molecular weight excluding hydrogens is 250 g/mol. The van der Waals surface area contributed by atoms with E-state index < -0.39 is 0 Å². The Balaban J connectivity index is 2.65. The third-order valence-corrected chi connectivity index (χ3v) is 2.85. The van der Waals surface area contributed by atoms with E-state index >= 15 is 0 Å². The van der Waals surface area contributed by atoms with Crippen LogP contribution in [0.1, 0.15) is 12.5 Å². The number of aliphatic hydroxyl groups excluding tert-OH is 1. The average Bonchev–Trinajstić information content (AvgIpc) is 2.39. The van der Waals surface area contributed by atoms with E-state index in [4.69, 9.17) is 22.0 Å². The van der Waals surface area contributed by atoms with Crippen LogP contribution in [0.15, 0.2) is 24.4 Å². The van der Waals surface area contributed by atoms with Gasteiger partial charge in [-0.05, 0) is 25.1 Å². The SMILES string of the molecule is C[C@@H](CO)Nc1c(C#N)cnc2ccc(Cl)cc12. The average molecular weight is 262 g/mol. The van der Waals surface area contributed by atoms with Crippen LogP contribution in [0.2, 0.25) is 5.02 Å². The highest BCUT2D eigenvalue weighted by Gasteiger charge is 2.11. The summed E-state index contributed by atoms with van der Waals surface area (Å²) < 4.78 is 0. The summed E-state index contributed by atoms with van der Waals surface area (Å²) in [7, 11) is 0. The first-order valence-electron chi connectivity index (χ1n) is 5.51. The lowest BCUT2D eigenvalue weighted by atomic mass is 10.1. The van der Waals surface area contributed by atoms with E-state index in [2.05, 4.69) is 16.4 Å². The number of nitrogens with one attached hydrogen (secondary N) is 1. The molecule has 1 aromatic carbocycles. The summed E-state index contributed by atoms with van der Waals surface area (Å²) in [6, 6.07) is 7.25. The number of rotatable bonds is 3. The first-order chi connectivity index (χ1) is 8.65. The van der Waals surface area contributed by atoms with Crippen LogP contribution in [-0.4, -0.2) is 22.7 Å². The van der Waals surface area contributed by atoms with Gasteiger partial charge in [-0.15, -0.1) is 0 Å². The molecule has 0 aliphatic rings. The van der Waals surface area contributed by atoms with Gasteiger partial charge in [-0.1, -0.05) is 11.6 Å². The van der Waals surface area contributed by atoms with E-state index in [0.717, 1.165) is 10.9 Å². The van der Waals surface area contributed by atoms with Gasteiger partial charge in [0.25, 0.3) is 0 Å². The molecule has 0 fully saturated rings. The molecule has 5 heteroatoms. The van der Waals surface area contributed by atoms with Crippen LogP contribution in [0, 0.1) is 11.3 Å². The van der Waals surface area contributed by atoms with Crippen molar-refractivity contribution in [1.29, 1.82) is 5.26 Å². The van der Waals surface area contributed by atoms with Gasteiger partial charge in [-0.25, -0.2) is 0 Å². The quantitative estimate of drug-likeness (QED) is 0.891. The van der Waals surface area contributed by atoms with Crippen LogP contribution < -0.4 is 5.32 Å². The Morgan fingerprint density at radius 3 is 3.00 bits per heavy atom. The number of nitriles is 1. The number of fused-ring (bicyclic) bond motifs is 1. The van der Waals surface area contributed by atoms with Gasteiger partial charge in [0.1, 0.15) is 6.07 Å². The minimum absolute atomic E-state index is 0.0186. The molecule has 92 valence electrons. The summed E-state index contributed by atoms with van der Waals surface area (Å²) in [5.41, 5.74) is 1.85. The lowest BCUT2D eigenvalue weighted by Gasteiger charge is -2.15. The van der Waals surface area contributed by atoms with Crippen LogP contribution in [0.5, 0.6) is 0 Å². The maximum Gasteiger partial charge on any atom is 0.103 e. The zero-order chi connectivity index (χ0) is 13.1. The normalized spacial score (nSPS) is 12.1. The van der Waals surface area contributed by atoms with Crippen molar-refractivity contribution in [2.24, 2.45) is 0 Å². The molecular formula is C13H12ClN3O. The number of pyridine rings is 1. The Kier molecular flexibility index (Phi) is 3.66. The summed E-state index contributed by atoms with van der Waals surface area (Å²) in [6.07, 6.45) is 1.52. The van der Waals surface area contributed by atoms with Crippen LogP contribution in [-0.2, 0) is 0 Å². The first-order valence-corrected chi connectivity index (χ1v) is 5.89. The predicted octanol–water partition coefficient (Wildman–Crippen LogP) is 2.55. The molecule has 0 amide bonds. The van der Waals surface area contributed by atoms with Crippen LogP contribution in [0.25, 0.3) is 10.9 Å². The van der Waals surface area contributed by atoms with E-state index in [1.807, 2.05) is 6.92 Å². The zero-order valence-electron chi connectivity index (χ0n) is 9.81. The largest absolute Gasteiger partial charge is 0.394 e. The van der Waals surface area contributed by atoms with E-state index in [1.54, 1.807) is 18.2 Å². The minimum Gasteiger partial charge on any atom is -0.394 e. The number of benzene rings is 1. The Morgan fingerprint density at radius 1 is 1.56 bits per heavy atom. The molecule has 1 atom stereocenters. The Bertz CT molecular complexity index is 621. The summed E-state index contributed by atoms with van der Waals surface area (Å²) in [6.45, 7) is 1.81. The van der Waals surface area contributed by atoms with Gasteiger partial charge in [-0.3, -0.25) is 4.98 Å². The second kappa shape index (κ2) is 5.21. The number of halogens is 1. The highest BCUT2D eigenvalue weighted by molar-refractivity contribution is 6.31. The Labute approximate surface area is 110 Å².